The number of aromatic nitrogens is 3. The van der Waals surface area contributed by atoms with Gasteiger partial charge in [0, 0.05) is 17.1 Å². The van der Waals surface area contributed by atoms with E-state index >= 15 is 0 Å². The number of aryl methyl sites for hydroxylation is 2. The highest BCUT2D eigenvalue weighted by atomic mass is 35.5. The Hall–Kier alpha value is -1.33. The molecule has 0 unspecified atom stereocenters. The minimum absolute atomic E-state index is 0.470. The summed E-state index contributed by atoms with van der Waals surface area (Å²) >= 11 is 7.59. The molecule has 0 fully saturated rings. The number of rotatable bonds is 3. The van der Waals surface area contributed by atoms with Crippen LogP contribution in [0.5, 0.6) is 0 Å². The Morgan fingerprint density at radius 2 is 1.74 bits per heavy atom. The molecule has 0 atom stereocenters. The van der Waals surface area contributed by atoms with Gasteiger partial charge in [-0.05, 0) is 38.5 Å². The predicted octanol–water partition coefficient (Wildman–Crippen LogP) is 3.32. The number of thioether (sulfide) groups is 1. The highest BCUT2D eigenvalue weighted by Crippen LogP contribution is 2.25. The van der Waals surface area contributed by atoms with Crippen LogP contribution in [0.25, 0.3) is 0 Å². The average molecular weight is 295 g/mol. The molecule has 2 N–H and O–H groups in total. The Balaban J connectivity index is 2.17. The van der Waals surface area contributed by atoms with Crippen LogP contribution in [0.2, 0.25) is 5.02 Å². The molecule has 0 amide bonds. The van der Waals surface area contributed by atoms with Crippen LogP contribution in [-0.4, -0.2) is 15.0 Å². The van der Waals surface area contributed by atoms with Crippen LogP contribution < -0.4 is 5.73 Å². The van der Waals surface area contributed by atoms with E-state index in [2.05, 4.69) is 15.0 Å². The molecule has 0 aliphatic heterocycles. The van der Waals surface area contributed by atoms with Crippen molar-refractivity contribution in [3.05, 3.63) is 39.8 Å². The summed E-state index contributed by atoms with van der Waals surface area (Å²) in [6, 6.07) is 3.44. The largest absolute Gasteiger partial charge is 0.384 e. The Morgan fingerprint density at radius 1 is 1.11 bits per heavy atom. The maximum absolute atomic E-state index is 6.08. The lowest BCUT2D eigenvalue weighted by atomic mass is 10.2. The first-order valence-corrected chi connectivity index (χ1v) is 7.19. The molecule has 0 bridgehead atoms. The molecule has 0 aromatic carbocycles. The minimum Gasteiger partial charge on any atom is -0.384 e. The van der Waals surface area contributed by atoms with Gasteiger partial charge in [-0.1, -0.05) is 23.4 Å². The first kappa shape index (κ1) is 14.1. The van der Waals surface area contributed by atoms with E-state index in [9.17, 15) is 0 Å². The fourth-order valence-corrected chi connectivity index (χ4v) is 2.68. The lowest BCUT2D eigenvalue weighted by Crippen LogP contribution is -1.99. The first-order chi connectivity index (χ1) is 8.97. The van der Waals surface area contributed by atoms with Crippen molar-refractivity contribution < 1.29 is 0 Å². The summed E-state index contributed by atoms with van der Waals surface area (Å²) in [4.78, 5) is 13.1. The summed E-state index contributed by atoms with van der Waals surface area (Å²) in [5.74, 6) is 1.07. The second-order valence-corrected chi connectivity index (χ2v) is 5.61. The molecular formula is C13H15ClN4S. The number of nitrogen functional groups attached to an aromatic ring is 1. The number of nitrogens with two attached hydrogens (primary N) is 1. The van der Waals surface area contributed by atoms with Crippen molar-refractivity contribution in [3.63, 3.8) is 0 Å². The quantitative estimate of drug-likeness (QED) is 0.695. The van der Waals surface area contributed by atoms with E-state index in [1.807, 2.05) is 20.8 Å². The van der Waals surface area contributed by atoms with Crippen molar-refractivity contribution in [1.82, 2.24) is 15.0 Å². The van der Waals surface area contributed by atoms with E-state index < -0.39 is 0 Å². The van der Waals surface area contributed by atoms with Gasteiger partial charge in [-0.15, -0.1) is 0 Å². The number of halogens is 1. The molecule has 0 spiro atoms. The Bertz CT molecular complexity index is 593. The third-order valence-corrected chi connectivity index (χ3v) is 4.09. The molecule has 2 aromatic heterocycles. The molecule has 0 aliphatic rings. The van der Waals surface area contributed by atoms with Crippen molar-refractivity contribution in [1.29, 1.82) is 0 Å². The van der Waals surface area contributed by atoms with Crippen LogP contribution in [0, 0.1) is 20.8 Å². The summed E-state index contributed by atoms with van der Waals surface area (Å²) < 4.78 is 0. The van der Waals surface area contributed by atoms with E-state index in [1.54, 1.807) is 12.1 Å². The van der Waals surface area contributed by atoms with Gasteiger partial charge < -0.3 is 5.73 Å². The van der Waals surface area contributed by atoms with Gasteiger partial charge in [-0.25, -0.2) is 15.0 Å². The lowest BCUT2D eigenvalue weighted by Gasteiger charge is -2.07. The van der Waals surface area contributed by atoms with Crippen LogP contribution in [0.15, 0.2) is 17.3 Å². The van der Waals surface area contributed by atoms with Crippen molar-refractivity contribution in [3.8, 4) is 0 Å². The van der Waals surface area contributed by atoms with Crippen LogP contribution in [0.4, 0.5) is 5.82 Å². The number of anilines is 1. The summed E-state index contributed by atoms with van der Waals surface area (Å²) in [7, 11) is 0. The van der Waals surface area contributed by atoms with Crippen molar-refractivity contribution in [2.75, 3.05) is 5.73 Å². The smallest absolute Gasteiger partial charge is 0.188 e. The van der Waals surface area contributed by atoms with Crippen molar-refractivity contribution in [2.45, 2.75) is 31.7 Å². The Morgan fingerprint density at radius 3 is 2.37 bits per heavy atom. The topological polar surface area (TPSA) is 64.7 Å². The van der Waals surface area contributed by atoms with E-state index in [0.29, 0.717) is 16.6 Å². The van der Waals surface area contributed by atoms with Gasteiger partial charge in [-0.2, -0.15) is 0 Å². The summed E-state index contributed by atoms with van der Waals surface area (Å²) in [6.45, 7) is 6.00. The molecule has 2 rings (SSSR count). The minimum atomic E-state index is 0.470. The normalized spacial score (nSPS) is 10.7. The maximum atomic E-state index is 6.08. The van der Waals surface area contributed by atoms with Crippen LogP contribution in [-0.2, 0) is 5.75 Å². The molecule has 2 aromatic rings. The standard InChI is InChI=1S/C13H15ClN4S/c1-7-8(2)16-13(17-9(7)3)19-6-11-10(14)4-5-12(15)18-11/h4-5H,6H2,1-3H3,(H2,15,18). The predicted molar refractivity (Wildman–Crippen MR) is 79.5 cm³/mol. The number of hydrogen-bond acceptors (Lipinski definition) is 5. The van der Waals surface area contributed by atoms with Crippen LogP contribution >= 0.6 is 23.4 Å². The van der Waals surface area contributed by atoms with Crippen LogP contribution in [0.1, 0.15) is 22.6 Å². The monoisotopic (exact) mass is 294 g/mol. The summed E-state index contributed by atoms with van der Waals surface area (Å²) in [5.41, 5.74) is 9.54. The van der Waals surface area contributed by atoms with E-state index in [0.717, 1.165) is 27.8 Å². The van der Waals surface area contributed by atoms with Gasteiger partial charge in [-0.3, -0.25) is 0 Å². The summed E-state index contributed by atoms with van der Waals surface area (Å²) in [6.07, 6.45) is 0. The van der Waals surface area contributed by atoms with Crippen molar-refractivity contribution in [2.24, 2.45) is 0 Å². The second kappa shape index (κ2) is 5.75. The van der Waals surface area contributed by atoms with E-state index in [-0.39, 0.29) is 0 Å². The van der Waals surface area contributed by atoms with Gasteiger partial charge in [0.2, 0.25) is 0 Å². The maximum Gasteiger partial charge on any atom is 0.188 e. The molecular weight excluding hydrogens is 280 g/mol. The zero-order valence-corrected chi connectivity index (χ0v) is 12.6. The molecule has 0 radical (unpaired) electrons. The van der Waals surface area contributed by atoms with Gasteiger partial charge in [0.15, 0.2) is 5.16 Å². The first-order valence-electron chi connectivity index (χ1n) is 5.83. The number of nitrogens with zero attached hydrogens (tertiary/aromatic N) is 3. The molecule has 0 saturated carbocycles. The van der Waals surface area contributed by atoms with E-state index in [4.69, 9.17) is 17.3 Å². The molecule has 2 heterocycles. The molecule has 4 nitrogen and oxygen atoms in total. The third-order valence-electron chi connectivity index (χ3n) is 2.89. The molecule has 19 heavy (non-hydrogen) atoms. The zero-order chi connectivity index (χ0) is 14.0. The lowest BCUT2D eigenvalue weighted by molar-refractivity contribution is 0.880. The van der Waals surface area contributed by atoms with Crippen LogP contribution in [0.3, 0.4) is 0 Å². The van der Waals surface area contributed by atoms with Gasteiger partial charge >= 0.3 is 0 Å². The Kier molecular flexibility index (Phi) is 4.27. The van der Waals surface area contributed by atoms with Crippen molar-refractivity contribution >= 4 is 29.2 Å². The number of pyridine rings is 1. The van der Waals surface area contributed by atoms with Gasteiger partial charge in [0.25, 0.3) is 0 Å². The molecule has 0 saturated heterocycles. The highest BCUT2D eigenvalue weighted by Gasteiger charge is 2.08. The van der Waals surface area contributed by atoms with E-state index in [1.165, 1.54) is 11.8 Å². The Labute approximate surface area is 121 Å². The fraction of sp³-hybridized carbons (Fsp3) is 0.308. The molecule has 6 heteroatoms. The summed E-state index contributed by atoms with van der Waals surface area (Å²) in [5, 5.41) is 1.35. The fourth-order valence-electron chi connectivity index (χ4n) is 1.54. The molecule has 0 aliphatic carbocycles. The second-order valence-electron chi connectivity index (χ2n) is 4.26. The van der Waals surface area contributed by atoms with Gasteiger partial charge in [0.1, 0.15) is 5.82 Å². The van der Waals surface area contributed by atoms with Gasteiger partial charge in [0.05, 0.1) is 10.7 Å². The number of hydrogen-bond donors (Lipinski definition) is 1. The highest BCUT2D eigenvalue weighted by molar-refractivity contribution is 7.98. The zero-order valence-electron chi connectivity index (χ0n) is 11.1. The average Bonchev–Trinajstić information content (AvgIpc) is 2.37. The SMILES string of the molecule is Cc1nc(SCc2nc(N)ccc2Cl)nc(C)c1C. The molecule has 100 valence electrons. The third kappa shape index (κ3) is 3.36.